The highest BCUT2D eigenvalue weighted by Crippen LogP contribution is 2.27. The highest BCUT2D eigenvalue weighted by molar-refractivity contribution is 5.74. The Bertz CT molecular complexity index is 225. The van der Waals surface area contributed by atoms with Gasteiger partial charge in [-0.1, -0.05) is 13.8 Å². The van der Waals surface area contributed by atoms with E-state index < -0.39 is 11.4 Å². The van der Waals surface area contributed by atoms with Gasteiger partial charge in [0.2, 0.25) is 0 Å². The molecule has 0 bridgehead atoms. The minimum atomic E-state index is -0.695. The number of carboxylic acid groups (broad SMARTS) is 1. The van der Waals surface area contributed by atoms with Crippen LogP contribution < -0.4 is 0 Å². The number of ether oxygens (including phenoxy) is 1. The average Bonchev–Trinajstić information content (AvgIpc) is 2.25. The van der Waals surface area contributed by atoms with Gasteiger partial charge in [0.1, 0.15) is 0 Å². The molecule has 0 radical (unpaired) electrons. The van der Waals surface area contributed by atoms with Crippen molar-refractivity contribution in [2.24, 2.45) is 5.41 Å². The summed E-state index contributed by atoms with van der Waals surface area (Å²) >= 11 is 0. The smallest absolute Gasteiger partial charge is 0.310 e. The lowest BCUT2D eigenvalue weighted by atomic mass is 9.82. The van der Waals surface area contributed by atoms with Crippen LogP contribution in [0.5, 0.6) is 0 Å². The molecule has 0 aromatic heterocycles. The van der Waals surface area contributed by atoms with Crippen LogP contribution in [-0.2, 0) is 9.53 Å². The van der Waals surface area contributed by atoms with Crippen LogP contribution in [0.2, 0.25) is 0 Å². The molecule has 1 N–H and O–H groups in total. The number of rotatable bonds is 9. The third-order valence-electron chi connectivity index (χ3n) is 3.30. The largest absolute Gasteiger partial charge is 0.481 e. The molecule has 0 aliphatic carbocycles. The molecule has 0 saturated carbocycles. The number of likely N-dealkylation sites (N-methyl/N-ethyl adjacent to an activating group) is 1. The molecule has 0 aromatic rings. The van der Waals surface area contributed by atoms with Crippen molar-refractivity contribution < 1.29 is 14.6 Å². The number of carbonyl (C=O) groups is 1. The van der Waals surface area contributed by atoms with Gasteiger partial charge in [0.05, 0.1) is 18.1 Å². The van der Waals surface area contributed by atoms with Gasteiger partial charge < -0.3 is 14.7 Å². The number of carboxylic acids is 1. The fourth-order valence-electron chi connectivity index (χ4n) is 1.88. The van der Waals surface area contributed by atoms with Crippen LogP contribution >= 0.6 is 0 Å². The molecule has 0 aromatic carbocycles. The van der Waals surface area contributed by atoms with Gasteiger partial charge in [0.25, 0.3) is 0 Å². The number of hydrogen-bond acceptors (Lipinski definition) is 3. The van der Waals surface area contributed by atoms with Crippen LogP contribution in [0.25, 0.3) is 0 Å². The first-order valence-corrected chi connectivity index (χ1v) is 6.41. The molecule has 0 saturated heterocycles. The van der Waals surface area contributed by atoms with E-state index in [1.54, 1.807) is 0 Å². The lowest BCUT2D eigenvalue weighted by Gasteiger charge is -2.31. The van der Waals surface area contributed by atoms with Crippen molar-refractivity contribution in [1.29, 1.82) is 0 Å². The first-order valence-electron chi connectivity index (χ1n) is 6.41. The predicted octanol–water partition coefficient (Wildman–Crippen LogP) is 2.23. The predicted molar refractivity (Wildman–Crippen MR) is 69.2 cm³/mol. The second kappa shape index (κ2) is 7.67. The van der Waals surface area contributed by atoms with Crippen LogP contribution in [0.4, 0.5) is 0 Å². The minimum absolute atomic E-state index is 0.227. The topological polar surface area (TPSA) is 49.8 Å². The molecule has 0 rings (SSSR count). The molecular formula is C13H27NO3. The summed E-state index contributed by atoms with van der Waals surface area (Å²) in [5.74, 6) is -0.695. The summed E-state index contributed by atoms with van der Waals surface area (Å²) in [5, 5.41) is 9.33. The van der Waals surface area contributed by atoms with Crippen molar-refractivity contribution in [3.63, 3.8) is 0 Å². The highest BCUT2D eigenvalue weighted by atomic mass is 16.5. The second-order valence-electron chi connectivity index (χ2n) is 4.95. The monoisotopic (exact) mass is 245 g/mol. The van der Waals surface area contributed by atoms with Crippen molar-refractivity contribution in [3.05, 3.63) is 0 Å². The van der Waals surface area contributed by atoms with Gasteiger partial charge in [-0.15, -0.1) is 0 Å². The Morgan fingerprint density at radius 2 is 1.88 bits per heavy atom. The summed E-state index contributed by atoms with van der Waals surface area (Å²) < 4.78 is 5.47. The van der Waals surface area contributed by atoms with E-state index in [2.05, 4.69) is 0 Å². The van der Waals surface area contributed by atoms with E-state index in [0.29, 0.717) is 26.0 Å². The van der Waals surface area contributed by atoms with E-state index in [0.717, 1.165) is 6.54 Å². The van der Waals surface area contributed by atoms with Crippen molar-refractivity contribution in [3.8, 4) is 0 Å². The van der Waals surface area contributed by atoms with E-state index in [4.69, 9.17) is 4.74 Å². The summed E-state index contributed by atoms with van der Waals surface area (Å²) in [4.78, 5) is 13.4. The molecule has 17 heavy (non-hydrogen) atoms. The van der Waals surface area contributed by atoms with Gasteiger partial charge in [0, 0.05) is 13.1 Å². The van der Waals surface area contributed by atoms with Crippen LogP contribution in [0.15, 0.2) is 0 Å². The summed E-state index contributed by atoms with van der Waals surface area (Å²) in [5.41, 5.74) is -0.618. The SMILES string of the molecule is CCC(CC)(CN(C)CCOC(C)C)C(=O)O. The number of aliphatic carboxylic acids is 1. The molecule has 0 heterocycles. The van der Waals surface area contributed by atoms with E-state index in [-0.39, 0.29) is 6.10 Å². The maximum absolute atomic E-state index is 11.3. The molecule has 4 nitrogen and oxygen atoms in total. The zero-order valence-corrected chi connectivity index (χ0v) is 11.8. The van der Waals surface area contributed by atoms with E-state index in [9.17, 15) is 9.90 Å². The molecule has 102 valence electrons. The van der Waals surface area contributed by atoms with Crippen LogP contribution in [0, 0.1) is 5.41 Å². The summed E-state index contributed by atoms with van der Waals surface area (Å²) in [6.45, 7) is 9.88. The molecular weight excluding hydrogens is 218 g/mol. The maximum Gasteiger partial charge on any atom is 0.310 e. The summed E-state index contributed by atoms with van der Waals surface area (Å²) in [7, 11) is 1.95. The Balaban J connectivity index is 4.22. The van der Waals surface area contributed by atoms with Crippen LogP contribution in [0.3, 0.4) is 0 Å². The Morgan fingerprint density at radius 3 is 2.24 bits per heavy atom. The van der Waals surface area contributed by atoms with E-state index in [1.165, 1.54) is 0 Å². The third-order valence-corrected chi connectivity index (χ3v) is 3.30. The van der Waals surface area contributed by atoms with Crippen molar-refractivity contribution in [2.75, 3.05) is 26.7 Å². The summed E-state index contributed by atoms with van der Waals surface area (Å²) in [6, 6.07) is 0. The minimum Gasteiger partial charge on any atom is -0.481 e. The van der Waals surface area contributed by atoms with E-state index in [1.807, 2.05) is 39.6 Å². The zero-order chi connectivity index (χ0) is 13.5. The van der Waals surface area contributed by atoms with Crippen LogP contribution in [0.1, 0.15) is 40.5 Å². The molecule has 0 amide bonds. The van der Waals surface area contributed by atoms with Crippen molar-refractivity contribution in [1.82, 2.24) is 4.90 Å². The second-order valence-corrected chi connectivity index (χ2v) is 4.95. The quantitative estimate of drug-likeness (QED) is 0.677. The maximum atomic E-state index is 11.3. The lowest BCUT2D eigenvalue weighted by Crippen LogP contribution is -2.42. The highest BCUT2D eigenvalue weighted by Gasteiger charge is 2.35. The molecule has 0 fully saturated rings. The molecule has 0 unspecified atom stereocenters. The normalized spacial score (nSPS) is 12.4. The molecule has 4 heteroatoms. The Morgan fingerprint density at radius 1 is 1.35 bits per heavy atom. The number of hydrogen-bond donors (Lipinski definition) is 1. The Labute approximate surface area is 105 Å². The van der Waals surface area contributed by atoms with Crippen molar-refractivity contribution >= 4 is 5.97 Å². The Hall–Kier alpha value is -0.610. The molecule has 0 aliphatic heterocycles. The van der Waals surface area contributed by atoms with Gasteiger partial charge >= 0.3 is 5.97 Å². The first-order chi connectivity index (χ1) is 7.88. The summed E-state index contributed by atoms with van der Waals surface area (Å²) in [6.07, 6.45) is 1.55. The fraction of sp³-hybridized carbons (Fsp3) is 0.923. The average molecular weight is 245 g/mol. The van der Waals surface area contributed by atoms with Gasteiger partial charge in [0.15, 0.2) is 0 Å². The van der Waals surface area contributed by atoms with Gasteiger partial charge in [-0.05, 0) is 33.7 Å². The van der Waals surface area contributed by atoms with Gasteiger partial charge in [-0.3, -0.25) is 4.79 Å². The van der Waals surface area contributed by atoms with Crippen molar-refractivity contribution in [2.45, 2.75) is 46.6 Å². The third kappa shape index (κ3) is 5.50. The Kier molecular flexibility index (Phi) is 7.39. The van der Waals surface area contributed by atoms with Gasteiger partial charge in [-0.25, -0.2) is 0 Å². The molecule has 0 aliphatic rings. The van der Waals surface area contributed by atoms with Crippen LogP contribution in [-0.4, -0.2) is 48.8 Å². The van der Waals surface area contributed by atoms with E-state index >= 15 is 0 Å². The molecule has 0 atom stereocenters. The fourth-order valence-corrected chi connectivity index (χ4v) is 1.88. The molecule has 0 spiro atoms. The number of nitrogens with zero attached hydrogens (tertiary/aromatic N) is 1. The first kappa shape index (κ1) is 16.4. The zero-order valence-electron chi connectivity index (χ0n) is 11.8. The standard InChI is InChI=1S/C13H27NO3/c1-6-13(7-2,12(15)16)10-14(5)8-9-17-11(3)4/h11H,6-10H2,1-5H3,(H,15,16). The lowest BCUT2D eigenvalue weighted by molar-refractivity contribution is -0.150. The van der Waals surface area contributed by atoms with Gasteiger partial charge in [-0.2, -0.15) is 0 Å².